The Hall–Kier alpha value is -5.01. The Morgan fingerprint density at radius 1 is 1.04 bits per heavy atom. The number of allylic oxidation sites excluding steroid dienone is 4. The average molecular weight is 732 g/mol. The van der Waals surface area contributed by atoms with Crippen LogP contribution in [0, 0.1) is 11.3 Å². The molecule has 1 N–H and O–H groups in total. The van der Waals surface area contributed by atoms with E-state index in [1.165, 1.54) is 11.1 Å². The van der Waals surface area contributed by atoms with Crippen LogP contribution in [0.2, 0.25) is 0 Å². The van der Waals surface area contributed by atoms with Crippen molar-refractivity contribution in [1.82, 2.24) is 30.2 Å². The molecular formula is C44H57N7O3. The molecule has 286 valence electrons. The lowest BCUT2D eigenvalue weighted by molar-refractivity contribution is -0.130. The lowest BCUT2D eigenvalue weighted by atomic mass is 9.68. The predicted octanol–water partition coefficient (Wildman–Crippen LogP) is 6.85. The van der Waals surface area contributed by atoms with Crippen LogP contribution in [0.1, 0.15) is 110 Å². The molecule has 2 amide bonds. The minimum Gasteiger partial charge on any atom is -0.424 e. The van der Waals surface area contributed by atoms with Gasteiger partial charge < -0.3 is 24.4 Å². The summed E-state index contributed by atoms with van der Waals surface area (Å²) in [5.74, 6) is 0.909. The minimum atomic E-state index is -0.908. The van der Waals surface area contributed by atoms with Gasteiger partial charge in [0.05, 0.1) is 12.6 Å². The number of fused-ring (bicyclic) bond motifs is 2. The molecule has 2 heterocycles. The van der Waals surface area contributed by atoms with Crippen molar-refractivity contribution < 1.29 is 14.0 Å². The van der Waals surface area contributed by atoms with Crippen molar-refractivity contribution >= 4 is 17.5 Å². The number of aromatic nitrogens is 2. The third-order valence-electron chi connectivity index (χ3n) is 11.0. The van der Waals surface area contributed by atoms with Crippen molar-refractivity contribution in [2.75, 3.05) is 41.3 Å². The highest BCUT2D eigenvalue weighted by Gasteiger charge is 2.47. The SMILES string of the molecule is C=C(c1ccc2c(c1)CCc1cc(C(=O)N(C)C)ccc1C2(C[C@@H](C)NCC(=O)N1CCCC1C#N)c1nnc(CC/C(C)=C/C=C(/C)CC)o1)N(C)C. The number of nitriles is 1. The topological polar surface area (TPSA) is 119 Å². The number of nitrogens with one attached hydrogen (secondary N) is 1. The summed E-state index contributed by atoms with van der Waals surface area (Å²) >= 11 is 0. The Labute approximate surface area is 321 Å². The second-order valence-electron chi connectivity index (χ2n) is 15.4. The largest absolute Gasteiger partial charge is 0.424 e. The highest BCUT2D eigenvalue weighted by atomic mass is 16.4. The van der Waals surface area contributed by atoms with Crippen molar-refractivity contribution in [3.05, 3.63) is 111 Å². The van der Waals surface area contributed by atoms with Crippen molar-refractivity contribution in [2.45, 2.75) is 96.6 Å². The molecule has 1 aromatic heterocycles. The quantitative estimate of drug-likeness (QED) is 0.179. The normalized spacial score (nSPS) is 19.0. The van der Waals surface area contributed by atoms with Gasteiger partial charge in [-0.3, -0.25) is 9.59 Å². The smallest absolute Gasteiger partial charge is 0.253 e. The number of aryl methyl sites for hydroxylation is 3. The number of carbonyl (C=O) groups is 2. The molecule has 0 saturated carbocycles. The molecule has 54 heavy (non-hydrogen) atoms. The lowest BCUT2D eigenvalue weighted by Gasteiger charge is -2.36. The molecule has 0 bridgehead atoms. The Morgan fingerprint density at radius 2 is 1.69 bits per heavy atom. The van der Waals surface area contributed by atoms with Crippen molar-refractivity contribution in [3.8, 4) is 6.07 Å². The van der Waals surface area contributed by atoms with Gasteiger partial charge in [0.1, 0.15) is 11.5 Å². The average Bonchev–Trinajstić information content (AvgIpc) is 3.83. The first-order chi connectivity index (χ1) is 25.8. The molecule has 2 aliphatic rings. The Balaban J connectivity index is 1.63. The lowest BCUT2D eigenvalue weighted by Crippen LogP contribution is -2.45. The maximum Gasteiger partial charge on any atom is 0.253 e. The number of hydrogen-bond acceptors (Lipinski definition) is 8. The number of rotatable bonds is 14. The molecule has 0 radical (unpaired) electrons. The molecule has 1 saturated heterocycles. The zero-order valence-corrected chi connectivity index (χ0v) is 33.5. The van der Waals surface area contributed by atoms with Crippen LogP contribution in [0.25, 0.3) is 5.70 Å². The van der Waals surface area contributed by atoms with Gasteiger partial charge in [-0.25, -0.2) is 0 Å². The fourth-order valence-corrected chi connectivity index (χ4v) is 7.63. The fourth-order valence-electron chi connectivity index (χ4n) is 7.63. The van der Waals surface area contributed by atoms with Crippen LogP contribution in [0.3, 0.4) is 0 Å². The molecule has 10 nitrogen and oxygen atoms in total. The van der Waals surface area contributed by atoms with E-state index in [0.29, 0.717) is 49.6 Å². The summed E-state index contributed by atoms with van der Waals surface area (Å²) in [7, 11) is 7.51. The highest BCUT2D eigenvalue weighted by Crippen LogP contribution is 2.48. The van der Waals surface area contributed by atoms with Gasteiger partial charge in [0, 0.05) is 58.5 Å². The van der Waals surface area contributed by atoms with Crippen LogP contribution >= 0.6 is 0 Å². The van der Waals surface area contributed by atoms with Gasteiger partial charge in [-0.2, -0.15) is 5.26 Å². The minimum absolute atomic E-state index is 0.0617. The van der Waals surface area contributed by atoms with Crippen LogP contribution in [0.5, 0.6) is 0 Å². The van der Waals surface area contributed by atoms with E-state index in [2.05, 4.69) is 87.2 Å². The number of hydrogen-bond donors (Lipinski definition) is 1. The monoisotopic (exact) mass is 731 g/mol. The van der Waals surface area contributed by atoms with Gasteiger partial charge in [0.2, 0.25) is 17.7 Å². The molecule has 5 rings (SSSR count). The van der Waals surface area contributed by atoms with E-state index in [1.54, 1.807) is 23.9 Å². The molecule has 10 heteroatoms. The zero-order valence-electron chi connectivity index (χ0n) is 33.5. The van der Waals surface area contributed by atoms with Gasteiger partial charge >= 0.3 is 0 Å². The highest BCUT2D eigenvalue weighted by molar-refractivity contribution is 5.94. The van der Waals surface area contributed by atoms with Crippen LogP contribution in [-0.4, -0.2) is 90.1 Å². The molecule has 3 atom stereocenters. The third kappa shape index (κ3) is 8.68. The summed E-state index contributed by atoms with van der Waals surface area (Å²) in [6.45, 7) is 13.5. The van der Waals surface area contributed by atoms with Crippen molar-refractivity contribution in [1.29, 1.82) is 5.26 Å². The van der Waals surface area contributed by atoms with Gasteiger partial charge in [0.25, 0.3) is 5.91 Å². The Morgan fingerprint density at radius 3 is 2.31 bits per heavy atom. The van der Waals surface area contributed by atoms with Crippen molar-refractivity contribution in [3.63, 3.8) is 0 Å². The number of amides is 2. The standard InChI is InChI=1S/C44H57N7O3/c1-10-29(2)13-14-30(3)15-22-40-47-48-43(54-40)44(26-31(4)46-28-41(52)51-23-11-12-37(51)27-45)38-20-18-33(32(5)49(6)7)24-34(38)16-17-35-25-36(19-21-39(35)44)42(53)50(8)9/h13-14,18-21,24-25,31,37,46H,5,10-12,15-17,22-23,26,28H2,1-4,6-9H3/b29-13-,30-14+/t31-,37?,44?/m1/s1. The van der Waals surface area contributed by atoms with Gasteiger partial charge in [0.15, 0.2) is 0 Å². The molecule has 1 fully saturated rings. The van der Waals surface area contributed by atoms with E-state index in [0.717, 1.165) is 59.2 Å². The first-order valence-corrected chi connectivity index (χ1v) is 19.2. The summed E-state index contributed by atoms with van der Waals surface area (Å²) < 4.78 is 6.76. The van der Waals surface area contributed by atoms with E-state index in [9.17, 15) is 14.9 Å². The summed E-state index contributed by atoms with van der Waals surface area (Å²) in [5, 5.41) is 22.6. The van der Waals surface area contributed by atoms with Crippen LogP contribution in [0.15, 0.2) is 70.7 Å². The molecule has 2 aromatic carbocycles. The van der Waals surface area contributed by atoms with Crippen LogP contribution < -0.4 is 5.32 Å². The van der Waals surface area contributed by atoms with E-state index in [-0.39, 0.29) is 30.4 Å². The summed E-state index contributed by atoms with van der Waals surface area (Å²) in [6.07, 6.45) is 10.2. The first kappa shape index (κ1) is 40.2. The third-order valence-corrected chi connectivity index (χ3v) is 11.0. The Kier molecular flexibility index (Phi) is 13.0. The van der Waals surface area contributed by atoms with Crippen molar-refractivity contribution in [2.24, 2.45) is 0 Å². The molecular weight excluding hydrogens is 675 g/mol. The second-order valence-corrected chi connectivity index (χ2v) is 15.4. The van der Waals surface area contributed by atoms with Crippen LogP contribution in [0.4, 0.5) is 0 Å². The second kappa shape index (κ2) is 17.4. The van der Waals surface area contributed by atoms with E-state index < -0.39 is 5.41 Å². The van der Waals surface area contributed by atoms with Crippen LogP contribution in [-0.2, 0) is 29.5 Å². The summed E-state index contributed by atoms with van der Waals surface area (Å²) in [6, 6.07) is 14.2. The maximum atomic E-state index is 13.4. The molecule has 3 aromatic rings. The Bertz CT molecular complexity index is 1890. The van der Waals surface area contributed by atoms with Gasteiger partial charge in [-0.1, -0.05) is 55.0 Å². The molecule has 2 unspecified atom stereocenters. The first-order valence-electron chi connectivity index (χ1n) is 19.2. The predicted molar refractivity (Wildman–Crippen MR) is 214 cm³/mol. The van der Waals surface area contributed by atoms with E-state index in [1.807, 2.05) is 31.1 Å². The number of likely N-dealkylation sites (tertiary alicyclic amines) is 1. The number of benzene rings is 2. The summed E-state index contributed by atoms with van der Waals surface area (Å²) in [4.78, 5) is 31.9. The molecule has 1 aliphatic heterocycles. The number of carbonyl (C=O) groups excluding carboxylic acids is 2. The maximum absolute atomic E-state index is 13.4. The van der Waals surface area contributed by atoms with Gasteiger partial charge in [-0.05, 0) is 112 Å². The van der Waals surface area contributed by atoms with E-state index >= 15 is 0 Å². The molecule has 1 aliphatic carbocycles. The molecule has 0 spiro atoms. The fraction of sp³-hybridized carbons (Fsp3) is 0.477. The van der Waals surface area contributed by atoms with Gasteiger partial charge in [-0.15, -0.1) is 10.2 Å². The van der Waals surface area contributed by atoms with E-state index in [4.69, 9.17) is 9.52 Å². The summed E-state index contributed by atoms with van der Waals surface area (Å²) in [5.41, 5.74) is 8.44. The zero-order chi connectivity index (χ0) is 39.2. The number of nitrogens with zero attached hydrogens (tertiary/aromatic N) is 6.